The zero-order valence-corrected chi connectivity index (χ0v) is 16.6. The van der Waals surface area contributed by atoms with Crippen LogP contribution >= 0.6 is 0 Å². The smallest absolute Gasteiger partial charge is 0.191 e. The molecule has 25 heavy (non-hydrogen) atoms. The molecule has 2 N–H and O–H groups in total. The van der Waals surface area contributed by atoms with E-state index in [1.165, 1.54) is 6.42 Å². The molecular formula is C18H38N4O3. The maximum Gasteiger partial charge on any atom is 0.191 e. The van der Waals surface area contributed by atoms with Gasteiger partial charge in [0.05, 0.1) is 26.4 Å². The first kappa shape index (κ1) is 22.2. The normalized spacial score (nSPS) is 17.7. The second-order valence-corrected chi connectivity index (χ2v) is 6.77. The minimum Gasteiger partial charge on any atom is -0.382 e. The maximum atomic E-state index is 5.48. The SMILES string of the molecule is CN=C(NCCCOCCOC)NCC(CC(C)C)N1CCOCC1. The highest BCUT2D eigenvalue weighted by molar-refractivity contribution is 5.79. The molecule has 0 aliphatic carbocycles. The zero-order valence-electron chi connectivity index (χ0n) is 16.6. The van der Waals surface area contributed by atoms with Crippen molar-refractivity contribution in [3.05, 3.63) is 0 Å². The molecule has 1 heterocycles. The largest absolute Gasteiger partial charge is 0.382 e. The lowest BCUT2D eigenvalue weighted by Crippen LogP contribution is -2.51. The summed E-state index contributed by atoms with van der Waals surface area (Å²) < 4.78 is 15.9. The molecule has 0 aromatic rings. The van der Waals surface area contributed by atoms with E-state index in [1.54, 1.807) is 7.11 Å². The molecule has 0 aromatic carbocycles. The van der Waals surface area contributed by atoms with E-state index in [2.05, 4.69) is 34.4 Å². The topological polar surface area (TPSA) is 67.4 Å². The summed E-state index contributed by atoms with van der Waals surface area (Å²) >= 11 is 0. The van der Waals surface area contributed by atoms with E-state index in [4.69, 9.17) is 14.2 Å². The van der Waals surface area contributed by atoms with Crippen LogP contribution in [-0.4, -0.2) is 90.3 Å². The third kappa shape index (κ3) is 10.6. The first-order valence-electron chi connectivity index (χ1n) is 9.50. The van der Waals surface area contributed by atoms with E-state index in [0.717, 1.165) is 58.4 Å². The highest BCUT2D eigenvalue weighted by atomic mass is 16.5. The molecule has 7 nitrogen and oxygen atoms in total. The molecule has 0 aromatic heterocycles. The second-order valence-electron chi connectivity index (χ2n) is 6.77. The van der Waals surface area contributed by atoms with Crippen molar-refractivity contribution in [2.45, 2.75) is 32.7 Å². The van der Waals surface area contributed by atoms with Gasteiger partial charge in [-0.3, -0.25) is 9.89 Å². The Kier molecular flexibility index (Phi) is 12.7. The lowest BCUT2D eigenvalue weighted by atomic mass is 10.0. The Bertz CT molecular complexity index is 347. The van der Waals surface area contributed by atoms with Crippen LogP contribution in [0, 0.1) is 5.92 Å². The van der Waals surface area contributed by atoms with Crippen molar-refractivity contribution in [3.63, 3.8) is 0 Å². The molecular weight excluding hydrogens is 320 g/mol. The molecule has 1 atom stereocenters. The molecule has 0 bridgehead atoms. The molecule has 1 saturated heterocycles. The van der Waals surface area contributed by atoms with Gasteiger partial charge in [-0.15, -0.1) is 0 Å². The van der Waals surface area contributed by atoms with E-state index >= 15 is 0 Å². The van der Waals surface area contributed by atoms with Gasteiger partial charge >= 0.3 is 0 Å². The number of hydrogen-bond acceptors (Lipinski definition) is 5. The molecule has 0 amide bonds. The molecule has 7 heteroatoms. The van der Waals surface area contributed by atoms with Crippen molar-refractivity contribution >= 4 is 5.96 Å². The number of aliphatic imine (C=N–C) groups is 1. The van der Waals surface area contributed by atoms with Crippen molar-refractivity contribution in [2.24, 2.45) is 10.9 Å². The number of nitrogens with one attached hydrogen (secondary N) is 2. The van der Waals surface area contributed by atoms with Crippen LogP contribution < -0.4 is 10.6 Å². The highest BCUT2D eigenvalue weighted by Gasteiger charge is 2.22. The molecule has 1 aliphatic heterocycles. The van der Waals surface area contributed by atoms with E-state index in [9.17, 15) is 0 Å². The monoisotopic (exact) mass is 358 g/mol. The van der Waals surface area contributed by atoms with Crippen LogP contribution in [-0.2, 0) is 14.2 Å². The second kappa shape index (κ2) is 14.3. The van der Waals surface area contributed by atoms with Gasteiger partial charge in [0, 0.05) is 53.0 Å². The van der Waals surface area contributed by atoms with Gasteiger partial charge in [0.2, 0.25) is 0 Å². The first-order valence-corrected chi connectivity index (χ1v) is 9.50. The number of hydrogen-bond donors (Lipinski definition) is 2. The van der Waals surface area contributed by atoms with Gasteiger partial charge in [-0.25, -0.2) is 0 Å². The average molecular weight is 359 g/mol. The van der Waals surface area contributed by atoms with E-state index in [-0.39, 0.29) is 0 Å². The van der Waals surface area contributed by atoms with E-state index in [1.807, 2.05) is 7.05 Å². The summed E-state index contributed by atoms with van der Waals surface area (Å²) in [6, 6.07) is 0.514. The summed E-state index contributed by atoms with van der Waals surface area (Å²) in [5, 5.41) is 6.84. The first-order chi connectivity index (χ1) is 12.2. The lowest BCUT2D eigenvalue weighted by molar-refractivity contribution is 0.0132. The van der Waals surface area contributed by atoms with Crippen LogP contribution in [0.3, 0.4) is 0 Å². The van der Waals surface area contributed by atoms with Crippen molar-refractivity contribution in [1.29, 1.82) is 0 Å². The lowest BCUT2D eigenvalue weighted by Gasteiger charge is -2.35. The Morgan fingerprint density at radius 1 is 1.16 bits per heavy atom. The Morgan fingerprint density at radius 3 is 2.56 bits per heavy atom. The summed E-state index contributed by atoms with van der Waals surface area (Å²) in [7, 11) is 3.50. The molecule has 0 saturated carbocycles. The number of rotatable bonds is 12. The molecule has 148 valence electrons. The molecule has 1 rings (SSSR count). The predicted octanol–water partition coefficient (Wildman–Crippen LogP) is 0.951. The van der Waals surface area contributed by atoms with Gasteiger partial charge < -0.3 is 24.8 Å². The summed E-state index contributed by atoms with van der Waals surface area (Å²) in [6.45, 7) is 12.1. The van der Waals surface area contributed by atoms with Gasteiger partial charge in [0.25, 0.3) is 0 Å². The van der Waals surface area contributed by atoms with Gasteiger partial charge in [-0.1, -0.05) is 13.8 Å². The van der Waals surface area contributed by atoms with Crippen molar-refractivity contribution in [2.75, 3.05) is 73.4 Å². The Hall–Kier alpha value is -0.890. The highest BCUT2D eigenvalue weighted by Crippen LogP contribution is 2.12. The van der Waals surface area contributed by atoms with Crippen LogP contribution in [0.15, 0.2) is 4.99 Å². The maximum absolute atomic E-state index is 5.48. The van der Waals surface area contributed by atoms with Gasteiger partial charge in [-0.2, -0.15) is 0 Å². The number of guanidine groups is 1. The standard InChI is InChI=1S/C18H38N4O3/c1-16(2)14-17(22-7-10-25-11-8-22)15-21-18(19-3)20-6-5-9-24-13-12-23-4/h16-17H,5-15H2,1-4H3,(H2,19,20,21). The predicted molar refractivity (Wildman–Crippen MR) is 102 cm³/mol. The summed E-state index contributed by atoms with van der Waals surface area (Å²) in [6.07, 6.45) is 2.13. The molecule has 0 spiro atoms. The van der Waals surface area contributed by atoms with Crippen LogP contribution in [0.4, 0.5) is 0 Å². The molecule has 1 unspecified atom stereocenters. The van der Waals surface area contributed by atoms with Gasteiger partial charge in [0.1, 0.15) is 0 Å². The molecule has 1 aliphatic rings. The summed E-state index contributed by atoms with van der Waals surface area (Å²) in [5.74, 6) is 1.53. The van der Waals surface area contributed by atoms with Crippen molar-refractivity contribution in [1.82, 2.24) is 15.5 Å². The fourth-order valence-corrected chi connectivity index (χ4v) is 2.91. The minimum atomic E-state index is 0.514. The van der Waals surface area contributed by atoms with Gasteiger partial charge in [0.15, 0.2) is 5.96 Å². The zero-order chi connectivity index (χ0) is 18.3. The van der Waals surface area contributed by atoms with Crippen LogP contribution in [0.2, 0.25) is 0 Å². The fraction of sp³-hybridized carbons (Fsp3) is 0.944. The molecule has 1 fully saturated rings. The Morgan fingerprint density at radius 2 is 1.92 bits per heavy atom. The Balaban J connectivity index is 2.26. The summed E-state index contributed by atoms with van der Waals surface area (Å²) in [5.41, 5.74) is 0. The van der Waals surface area contributed by atoms with Crippen LogP contribution in [0.1, 0.15) is 26.7 Å². The number of methoxy groups -OCH3 is 1. The third-order valence-electron chi connectivity index (χ3n) is 4.22. The fourth-order valence-electron chi connectivity index (χ4n) is 2.91. The average Bonchev–Trinajstić information content (AvgIpc) is 2.62. The number of nitrogens with zero attached hydrogens (tertiary/aromatic N) is 2. The third-order valence-corrected chi connectivity index (χ3v) is 4.22. The minimum absolute atomic E-state index is 0.514. The van der Waals surface area contributed by atoms with Gasteiger partial charge in [-0.05, 0) is 18.8 Å². The van der Waals surface area contributed by atoms with E-state index < -0.39 is 0 Å². The number of morpholine rings is 1. The Labute approximate surface area is 153 Å². The van der Waals surface area contributed by atoms with Crippen LogP contribution in [0.25, 0.3) is 0 Å². The van der Waals surface area contributed by atoms with Crippen molar-refractivity contribution in [3.8, 4) is 0 Å². The summed E-state index contributed by atoms with van der Waals surface area (Å²) in [4.78, 5) is 6.86. The quantitative estimate of drug-likeness (QED) is 0.308. The van der Waals surface area contributed by atoms with Crippen LogP contribution in [0.5, 0.6) is 0 Å². The molecule has 0 radical (unpaired) electrons. The van der Waals surface area contributed by atoms with E-state index in [0.29, 0.717) is 25.2 Å². The van der Waals surface area contributed by atoms with Crippen molar-refractivity contribution < 1.29 is 14.2 Å². The number of ether oxygens (including phenoxy) is 3.